The van der Waals surface area contributed by atoms with Gasteiger partial charge in [-0.1, -0.05) is 18.6 Å². The molecule has 1 saturated heterocycles. The molecule has 5 nitrogen and oxygen atoms in total. The van der Waals surface area contributed by atoms with Gasteiger partial charge in [-0.15, -0.1) is 0 Å². The highest BCUT2D eigenvalue weighted by molar-refractivity contribution is 7.90. The van der Waals surface area contributed by atoms with Crippen molar-refractivity contribution in [3.63, 3.8) is 0 Å². The van der Waals surface area contributed by atoms with Crippen LogP contribution in [-0.4, -0.2) is 25.8 Å². The van der Waals surface area contributed by atoms with E-state index in [4.69, 9.17) is 5.73 Å². The fourth-order valence-corrected chi connectivity index (χ4v) is 3.33. The Morgan fingerprint density at radius 1 is 1.11 bits per heavy atom. The van der Waals surface area contributed by atoms with Gasteiger partial charge in [0.1, 0.15) is 0 Å². The Labute approximate surface area is 108 Å². The number of nitrogens with one attached hydrogen (secondary N) is 1. The molecular formula is C12H19N3O2S. The summed E-state index contributed by atoms with van der Waals surface area (Å²) in [6, 6.07) is 7.13. The Bertz CT molecular complexity index is 479. The van der Waals surface area contributed by atoms with Crippen LogP contribution in [0, 0.1) is 0 Å². The molecular weight excluding hydrogens is 250 g/mol. The number of hydrogen-bond acceptors (Lipinski definition) is 3. The summed E-state index contributed by atoms with van der Waals surface area (Å²) in [6.07, 6.45) is 2.98. The van der Waals surface area contributed by atoms with Crippen LogP contribution in [0.15, 0.2) is 24.3 Å². The molecule has 0 atom stereocenters. The summed E-state index contributed by atoms with van der Waals surface area (Å²) in [5, 5.41) is 0. The largest absolute Gasteiger partial charge is 0.326 e. The zero-order valence-electron chi connectivity index (χ0n) is 10.3. The molecule has 1 fully saturated rings. The predicted molar refractivity (Wildman–Crippen MR) is 72.3 cm³/mol. The summed E-state index contributed by atoms with van der Waals surface area (Å²) in [6.45, 7) is 1.67. The van der Waals surface area contributed by atoms with Crippen molar-refractivity contribution in [2.75, 3.05) is 17.8 Å². The quantitative estimate of drug-likeness (QED) is 0.864. The Morgan fingerprint density at radius 2 is 1.72 bits per heavy atom. The van der Waals surface area contributed by atoms with Crippen molar-refractivity contribution < 1.29 is 8.42 Å². The molecule has 18 heavy (non-hydrogen) atoms. The van der Waals surface area contributed by atoms with Crippen molar-refractivity contribution in [3.05, 3.63) is 29.8 Å². The second-order valence-corrected chi connectivity index (χ2v) is 6.14. The SMILES string of the molecule is NCc1ccc(NS(=O)(=O)N2CCCCC2)cc1. The van der Waals surface area contributed by atoms with Crippen molar-refractivity contribution in [3.8, 4) is 0 Å². The molecule has 0 radical (unpaired) electrons. The first-order valence-corrected chi connectivity index (χ1v) is 7.63. The molecule has 0 aromatic heterocycles. The molecule has 1 aromatic carbocycles. The van der Waals surface area contributed by atoms with Gasteiger partial charge in [-0.25, -0.2) is 0 Å². The molecule has 0 amide bonds. The Balaban J connectivity index is 2.06. The zero-order chi connectivity index (χ0) is 13.0. The third-order valence-corrected chi connectivity index (χ3v) is 4.63. The van der Waals surface area contributed by atoms with E-state index in [0.29, 0.717) is 25.3 Å². The van der Waals surface area contributed by atoms with Gasteiger partial charge < -0.3 is 5.73 Å². The second kappa shape index (κ2) is 5.69. The van der Waals surface area contributed by atoms with Gasteiger partial charge in [0.25, 0.3) is 0 Å². The third-order valence-electron chi connectivity index (χ3n) is 3.09. The van der Waals surface area contributed by atoms with Crippen LogP contribution in [0.1, 0.15) is 24.8 Å². The van der Waals surface area contributed by atoms with E-state index < -0.39 is 10.2 Å². The summed E-state index contributed by atoms with van der Waals surface area (Å²) in [4.78, 5) is 0. The van der Waals surface area contributed by atoms with E-state index in [0.717, 1.165) is 24.8 Å². The van der Waals surface area contributed by atoms with Gasteiger partial charge in [0, 0.05) is 25.3 Å². The number of benzene rings is 1. The molecule has 1 aliphatic rings. The van der Waals surface area contributed by atoms with Crippen molar-refractivity contribution in [1.29, 1.82) is 0 Å². The summed E-state index contributed by atoms with van der Waals surface area (Å²) in [5.74, 6) is 0. The smallest absolute Gasteiger partial charge is 0.301 e. The van der Waals surface area contributed by atoms with E-state index in [1.807, 2.05) is 12.1 Å². The Morgan fingerprint density at radius 3 is 2.28 bits per heavy atom. The highest BCUT2D eigenvalue weighted by atomic mass is 32.2. The lowest BCUT2D eigenvalue weighted by molar-refractivity contribution is 0.349. The highest BCUT2D eigenvalue weighted by Gasteiger charge is 2.23. The number of anilines is 1. The van der Waals surface area contributed by atoms with Gasteiger partial charge in [0.05, 0.1) is 0 Å². The van der Waals surface area contributed by atoms with Crippen molar-refractivity contribution in [2.45, 2.75) is 25.8 Å². The van der Waals surface area contributed by atoms with Crippen LogP contribution >= 0.6 is 0 Å². The molecule has 2 rings (SSSR count). The lowest BCUT2D eigenvalue weighted by atomic mass is 10.2. The first-order valence-electron chi connectivity index (χ1n) is 6.19. The minimum atomic E-state index is -3.40. The van der Waals surface area contributed by atoms with Crippen molar-refractivity contribution >= 4 is 15.9 Å². The monoisotopic (exact) mass is 269 g/mol. The fourth-order valence-electron chi connectivity index (χ4n) is 2.03. The molecule has 3 N–H and O–H groups in total. The van der Waals surface area contributed by atoms with E-state index in [1.54, 1.807) is 12.1 Å². The van der Waals surface area contributed by atoms with Gasteiger partial charge in [-0.05, 0) is 30.5 Å². The average Bonchev–Trinajstić information content (AvgIpc) is 2.40. The number of nitrogens with zero attached hydrogens (tertiary/aromatic N) is 1. The Hall–Kier alpha value is -1.11. The molecule has 0 aliphatic carbocycles. The number of nitrogens with two attached hydrogens (primary N) is 1. The van der Waals surface area contributed by atoms with Crippen molar-refractivity contribution in [1.82, 2.24) is 4.31 Å². The number of rotatable bonds is 4. The maximum absolute atomic E-state index is 12.1. The van der Waals surface area contributed by atoms with Gasteiger partial charge in [-0.2, -0.15) is 12.7 Å². The molecule has 0 spiro atoms. The van der Waals surface area contributed by atoms with E-state index in [9.17, 15) is 8.42 Å². The van der Waals surface area contributed by atoms with Crippen LogP contribution in [0.4, 0.5) is 5.69 Å². The molecule has 1 heterocycles. The second-order valence-electron chi connectivity index (χ2n) is 4.47. The summed E-state index contributed by atoms with van der Waals surface area (Å²) < 4.78 is 28.3. The van der Waals surface area contributed by atoms with Gasteiger partial charge in [0.15, 0.2) is 0 Å². The van der Waals surface area contributed by atoms with Crippen LogP contribution in [0.5, 0.6) is 0 Å². The normalized spacial score (nSPS) is 17.6. The van der Waals surface area contributed by atoms with E-state index in [1.165, 1.54) is 4.31 Å². The lowest BCUT2D eigenvalue weighted by Gasteiger charge is -2.26. The lowest BCUT2D eigenvalue weighted by Crippen LogP contribution is -2.39. The molecule has 100 valence electrons. The minimum absolute atomic E-state index is 0.457. The number of piperidine rings is 1. The predicted octanol–water partition coefficient (Wildman–Crippen LogP) is 1.29. The maximum atomic E-state index is 12.1. The molecule has 1 aromatic rings. The van der Waals surface area contributed by atoms with E-state index >= 15 is 0 Å². The summed E-state index contributed by atoms with van der Waals surface area (Å²) in [5.41, 5.74) is 7.06. The highest BCUT2D eigenvalue weighted by Crippen LogP contribution is 2.17. The number of hydrogen-bond donors (Lipinski definition) is 2. The van der Waals surface area contributed by atoms with Crippen LogP contribution in [-0.2, 0) is 16.8 Å². The average molecular weight is 269 g/mol. The van der Waals surface area contributed by atoms with E-state index in [-0.39, 0.29) is 0 Å². The van der Waals surface area contributed by atoms with Crippen molar-refractivity contribution in [2.24, 2.45) is 5.73 Å². The standard InChI is InChI=1S/C12H19N3O2S/c13-10-11-4-6-12(7-5-11)14-18(16,17)15-8-2-1-3-9-15/h4-7,14H,1-3,8-10,13H2. The van der Waals surface area contributed by atoms with Gasteiger partial charge >= 0.3 is 10.2 Å². The maximum Gasteiger partial charge on any atom is 0.301 e. The molecule has 0 saturated carbocycles. The van der Waals surface area contributed by atoms with Crippen LogP contribution < -0.4 is 10.5 Å². The summed E-state index contributed by atoms with van der Waals surface area (Å²) >= 11 is 0. The Kier molecular flexibility index (Phi) is 4.21. The molecule has 6 heteroatoms. The van der Waals surface area contributed by atoms with Crippen LogP contribution in [0.25, 0.3) is 0 Å². The summed E-state index contributed by atoms with van der Waals surface area (Å²) in [7, 11) is -3.40. The van der Waals surface area contributed by atoms with Crippen LogP contribution in [0.2, 0.25) is 0 Å². The fraction of sp³-hybridized carbons (Fsp3) is 0.500. The van der Waals surface area contributed by atoms with Gasteiger partial charge in [-0.3, -0.25) is 4.72 Å². The first-order chi connectivity index (χ1) is 8.62. The third kappa shape index (κ3) is 3.22. The van der Waals surface area contributed by atoms with Crippen LogP contribution in [0.3, 0.4) is 0 Å². The first kappa shape index (κ1) is 13.3. The van der Waals surface area contributed by atoms with Gasteiger partial charge in [0.2, 0.25) is 0 Å². The van der Waals surface area contributed by atoms with E-state index in [2.05, 4.69) is 4.72 Å². The molecule has 0 bridgehead atoms. The zero-order valence-corrected chi connectivity index (χ0v) is 11.1. The molecule has 0 unspecified atom stereocenters. The topological polar surface area (TPSA) is 75.4 Å². The molecule has 1 aliphatic heterocycles. The minimum Gasteiger partial charge on any atom is -0.326 e.